The van der Waals surface area contributed by atoms with Crippen LogP contribution in [-0.4, -0.2) is 35.4 Å². The number of rotatable bonds is 10. The zero-order valence-electron chi connectivity index (χ0n) is 24.3. The first-order valence-electron chi connectivity index (χ1n) is 14.4. The van der Waals surface area contributed by atoms with E-state index in [1.165, 1.54) is 12.1 Å². The van der Waals surface area contributed by atoms with Crippen LogP contribution in [0.15, 0.2) is 66.7 Å². The molecule has 7 heteroatoms. The van der Waals surface area contributed by atoms with Crippen LogP contribution in [0.25, 0.3) is 22.3 Å². The zero-order valence-corrected chi connectivity index (χ0v) is 24.3. The number of esters is 1. The highest BCUT2D eigenvalue weighted by Crippen LogP contribution is 2.41. The number of aromatic nitrogens is 1. The van der Waals surface area contributed by atoms with Crippen LogP contribution in [0.1, 0.15) is 48.3 Å². The minimum absolute atomic E-state index is 0.0588. The first-order valence-corrected chi connectivity index (χ1v) is 14.4. The van der Waals surface area contributed by atoms with Crippen molar-refractivity contribution in [3.63, 3.8) is 0 Å². The Labute approximate surface area is 246 Å². The Morgan fingerprint density at radius 3 is 2.48 bits per heavy atom. The summed E-state index contributed by atoms with van der Waals surface area (Å²) in [4.78, 5) is 17.6. The fourth-order valence-electron chi connectivity index (χ4n) is 5.38. The van der Waals surface area contributed by atoms with Crippen molar-refractivity contribution in [1.29, 1.82) is 0 Å². The molecular weight excluding hydrogens is 533 g/mol. The van der Waals surface area contributed by atoms with Crippen molar-refractivity contribution in [2.75, 3.05) is 13.2 Å². The third-order valence-corrected chi connectivity index (χ3v) is 7.33. The predicted molar refractivity (Wildman–Crippen MR) is 160 cm³/mol. The monoisotopic (exact) mass is 569 g/mol. The number of aliphatic hydroxyl groups excluding tert-OH is 1. The van der Waals surface area contributed by atoms with E-state index in [-0.39, 0.29) is 30.9 Å². The summed E-state index contributed by atoms with van der Waals surface area (Å²) in [5.41, 5.74) is 7.48. The van der Waals surface area contributed by atoms with Gasteiger partial charge < -0.3 is 19.3 Å². The summed E-state index contributed by atoms with van der Waals surface area (Å²) in [5, 5.41) is 10.4. The van der Waals surface area contributed by atoms with Gasteiger partial charge >= 0.3 is 5.97 Å². The van der Waals surface area contributed by atoms with Crippen molar-refractivity contribution in [1.82, 2.24) is 4.98 Å². The number of carbonyl (C=O) groups excluding carboxylic acids is 1. The molecule has 0 aliphatic carbocycles. The van der Waals surface area contributed by atoms with Gasteiger partial charge in [0.25, 0.3) is 0 Å². The Morgan fingerprint density at radius 2 is 1.76 bits per heavy atom. The molecule has 0 radical (unpaired) electrons. The number of carbonyl (C=O) groups is 1. The molecule has 0 saturated carbocycles. The Hall–Kier alpha value is -4.23. The number of ether oxygens (including phenoxy) is 3. The summed E-state index contributed by atoms with van der Waals surface area (Å²) in [6.07, 6.45) is 2.33. The van der Waals surface area contributed by atoms with Gasteiger partial charge in [0.05, 0.1) is 38.0 Å². The molecule has 1 aromatic heterocycles. The second-order valence-corrected chi connectivity index (χ2v) is 10.8. The average Bonchev–Trinajstić information content (AvgIpc) is 2.98. The van der Waals surface area contributed by atoms with Gasteiger partial charge in [-0.3, -0.25) is 9.78 Å². The fraction of sp³-hybridized carbons (Fsp3) is 0.314. The molecule has 0 bridgehead atoms. The molecule has 0 amide bonds. The lowest BCUT2D eigenvalue weighted by molar-refractivity contribution is -0.146. The Balaban J connectivity index is 1.53. The van der Waals surface area contributed by atoms with Gasteiger partial charge in [-0.15, -0.1) is 0 Å². The Kier molecular flexibility index (Phi) is 9.18. The number of aliphatic hydroxyl groups is 1. The Morgan fingerprint density at radius 1 is 1.02 bits per heavy atom. The van der Waals surface area contributed by atoms with Gasteiger partial charge in [0.15, 0.2) is 0 Å². The fourth-order valence-corrected chi connectivity index (χ4v) is 5.38. The maximum absolute atomic E-state index is 13.2. The van der Waals surface area contributed by atoms with Gasteiger partial charge in [0, 0.05) is 17.7 Å². The topological polar surface area (TPSA) is 77.9 Å². The number of benzene rings is 3. The molecule has 3 aromatic carbocycles. The van der Waals surface area contributed by atoms with Crippen LogP contribution >= 0.6 is 0 Å². The highest BCUT2D eigenvalue weighted by Gasteiger charge is 2.24. The number of pyridine rings is 1. The lowest BCUT2D eigenvalue weighted by Gasteiger charge is -2.23. The molecule has 2 heterocycles. The predicted octanol–water partition coefficient (Wildman–Crippen LogP) is 6.80. The van der Waals surface area contributed by atoms with E-state index in [0.29, 0.717) is 36.8 Å². The third-order valence-electron chi connectivity index (χ3n) is 7.33. The number of hydrogen-bond donors (Lipinski definition) is 1. The zero-order chi connectivity index (χ0) is 29.6. The molecule has 0 atom stereocenters. The number of nitrogens with zero attached hydrogens (tertiary/aromatic N) is 1. The van der Waals surface area contributed by atoms with E-state index in [9.17, 15) is 14.3 Å². The van der Waals surface area contributed by atoms with E-state index in [1.807, 2.05) is 57.2 Å². The summed E-state index contributed by atoms with van der Waals surface area (Å²) in [7, 11) is 0. The van der Waals surface area contributed by atoms with Crippen LogP contribution in [0.4, 0.5) is 4.39 Å². The highest BCUT2D eigenvalue weighted by atomic mass is 19.1. The summed E-state index contributed by atoms with van der Waals surface area (Å²) in [6, 6.07) is 20.2. The molecule has 0 fully saturated rings. The normalized spacial score (nSPS) is 12.5. The van der Waals surface area contributed by atoms with Crippen molar-refractivity contribution in [2.24, 2.45) is 0 Å². The van der Waals surface area contributed by atoms with Crippen LogP contribution in [-0.2, 0) is 35.4 Å². The van der Waals surface area contributed by atoms with E-state index in [0.717, 1.165) is 57.5 Å². The average molecular weight is 570 g/mol. The number of aryl methyl sites for hydroxylation is 2. The van der Waals surface area contributed by atoms with Gasteiger partial charge in [-0.25, -0.2) is 4.39 Å². The standard InChI is InChI=1S/C35H36FNO5/c1-22(2)42-33(39)20-30-23(3)37-31(21-38)35(34(30)27-10-15-32-26(19-27)5-4-17-41-32)25-8-13-29(14-9-25)40-18-16-24-6-11-28(36)12-7-24/h6-15,19,22,38H,4-5,16-18,20-21H2,1-3H3. The number of fused-ring (bicyclic) bond motifs is 1. The van der Waals surface area contributed by atoms with Gasteiger partial charge in [-0.05, 0) is 103 Å². The molecule has 1 aliphatic heterocycles. The van der Waals surface area contributed by atoms with Crippen molar-refractivity contribution >= 4 is 5.97 Å². The molecule has 5 rings (SSSR count). The number of hydrogen-bond acceptors (Lipinski definition) is 6. The van der Waals surface area contributed by atoms with Gasteiger partial charge in [-0.2, -0.15) is 0 Å². The molecular formula is C35H36FNO5. The molecule has 1 N–H and O–H groups in total. The maximum Gasteiger partial charge on any atom is 0.310 e. The summed E-state index contributed by atoms with van der Waals surface area (Å²) < 4.78 is 30.5. The quantitative estimate of drug-likeness (QED) is 0.212. The Bertz CT molecular complexity index is 1550. The smallest absolute Gasteiger partial charge is 0.310 e. The molecule has 42 heavy (non-hydrogen) atoms. The van der Waals surface area contributed by atoms with Crippen molar-refractivity contribution in [3.05, 3.63) is 101 Å². The third kappa shape index (κ3) is 6.80. The lowest BCUT2D eigenvalue weighted by atomic mass is 9.86. The second kappa shape index (κ2) is 13.2. The minimum atomic E-state index is -0.329. The van der Waals surface area contributed by atoms with E-state index in [4.69, 9.17) is 19.2 Å². The second-order valence-electron chi connectivity index (χ2n) is 10.8. The largest absolute Gasteiger partial charge is 0.493 e. The van der Waals surface area contributed by atoms with Crippen molar-refractivity contribution in [3.8, 4) is 33.8 Å². The van der Waals surface area contributed by atoms with Gasteiger partial charge in [0.2, 0.25) is 0 Å². The van der Waals surface area contributed by atoms with Crippen LogP contribution in [0, 0.1) is 12.7 Å². The highest BCUT2D eigenvalue weighted by molar-refractivity contribution is 5.90. The minimum Gasteiger partial charge on any atom is -0.493 e. The SMILES string of the molecule is Cc1nc(CO)c(-c2ccc(OCCc3ccc(F)cc3)cc2)c(-c2ccc3c(c2)CCCO3)c1CC(=O)OC(C)C. The number of halogens is 1. The summed E-state index contributed by atoms with van der Waals surface area (Å²) in [6.45, 7) is 6.41. The van der Waals surface area contributed by atoms with Gasteiger partial charge in [0.1, 0.15) is 17.3 Å². The van der Waals surface area contributed by atoms with Crippen molar-refractivity contribution < 1.29 is 28.5 Å². The van der Waals surface area contributed by atoms with E-state index in [2.05, 4.69) is 6.07 Å². The molecule has 6 nitrogen and oxygen atoms in total. The summed E-state index contributed by atoms with van der Waals surface area (Å²) >= 11 is 0. The lowest BCUT2D eigenvalue weighted by Crippen LogP contribution is -2.16. The molecule has 0 spiro atoms. The van der Waals surface area contributed by atoms with Crippen LogP contribution < -0.4 is 9.47 Å². The first kappa shape index (κ1) is 29.3. The van der Waals surface area contributed by atoms with E-state index < -0.39 is 0 Å². The first-order chi connectivity index (χ1) is 20.3. The van der Waals surface area contributed by atoms with E-state index >= 15 is 0 Å². The molecule has 0 unspecified atom stereocenters. The van der Waals surface area contributed by atoms with Crippen LogP contribution in [0.3, 0.4) is 0 Å². The molecule has 1 aliphatic rings. The maximum atomic E-state index is 13.2. The van der Waals surface area contributed by atoms with Crippen LogP contribution in [0.5, 0.6) is 11.5 Å². The molecule has 0 saturated heterocycles. The van der Waals surface area contributed by atoms with Crippen LogP contribution in [0.2, 0.25) is 0 Å². The van der Waals surface area contributed by atoms with Crippen molar-refractivity contribution in [2.45, 2.75) is 59.2 Å². The molecule has 4 aromatic rings. The molecule has 218 valence electrons. The summed E-state index contributed by atoms with van der Waals surface area (Å²) in [5.74, 6) is 0.985. The van der Waals surface area contributed by atoms with E-state index in [1.54, 1.807) is 12.1 Å². The van der Waals surface area contributed by atoms with Gasteiger partial charge in [-0.1, -0.05) is 30.3 Å².